The largest absolute Gasteiger partial charge is 0.480 e. The summed E-state index contributed by atoms with van der Waals surface area (Å²) >= 11 is 0. The Balaban J connectivity index is 2.04. The normalized spacial score (nSPS) is 13.0. The third-order valence-corrected chi connectivity index (χ3v) is 5.26. The molecule has 0 amide bonds. The second kappa shape index (κ2) is 9.85. The first-order valence-corrected chi connectivity index (χ1v) is 9.85. The molecule has 0 unspecified atom stereocenters. The lowest BCUT2D eigenvalue weighted by atomic mass is 9.84. The highest BCUT2D eigenvalue weighted by molar-refractivity contribution is 5.79. The zero-order valence-corrected chi connectivity index (χ0v) is 16.6. The summed E-state index contributed by atoms with van der Waals surface area (Å²) in [6.07, 6.45) is 2.49. The van der Waals surface area contributed by atoms with E-state index >= 15 is 0 Å². The van der Waals surface area contributed by atoms with E-state index in [4.69, 9.17) is 0 Å². The first-order valence-electron chi connectivity index (χ1n) is 9.85. The number of rotatable bonds is 10. The molecule has 0 saturated carbocycles. The highest BCUT2D eigenvalue weighted by Gasteiger charge is 2.43. The third-order valence-electron chi connectivity index (χ3n) is 5.26. The highest BCUT2D eigenvalue weighted by atomic mass is 16.4. The summed E-state index contributed by atoms with van der Waals surface area (Å²) in [6.45, 7) is 4.96. The summed E-state index contributed by atoms with van der Waals surface area (Å²) < 4.78 is 0. The average molecular weight is 386 g/mol. The maximum absolute atomic E-state index is 12.7. The third kappa shape index (κ3) is 5.21. The quantitative estimate of drug-likeness (QED) is 0.480. The maximum Gasteiger partial charge on any atom is 0.324 e. The van der Waals surface area contributed by atoms with Crippen LogP contribution >= 0.6 is 0 Å². The molecule has 0 aliphatic carbocycles. The van der Waals surface area contributed by atoms with Gasteiger partial charge in [-0.05, 0) is 23.1 Å². The van der Waals surface area contributed by atoms with Gasteiger partial charge in [0, 0.05) is 19.5 Å². The first kappa shape index (κ1) is 20.6. The first-order chi connectivity index (χ1) is 14.1. The predicted molar refractivity (Wildman–Crippen MR) is 117 cm³/mol. The Hall–Kier alpha value is -3.17. The Labute approximate surface area is 172 Å². The minimum Gasteiger partial charge on any atom is -0.480 e. The van der Waals surface area contributed by atoms with Crippen molar-refractivity contribution in [2.45, 2.75) is 31.5 Å². The molecule has 148 valence electrons. The van der Waals surface area contributed by atoms with Crippen molar-refractivity contribution in [1.29, 1.82) is 0 Å². The summed E-state index contributed by atoms with van der Waals surface area (Å²) in [5, 5.41) is 10.5. The van der Waals surface area contributed by atoms with Crippen molar-refractivity contribution in [2.75, 3.05) is 0 Å². The lowest BCUT2D eigenvalue weighted by molar-refractivity contribution is -0.152. The maximum atomic E-state index is 12.7. The summed E-state index contributed by atoms with van der Waals surface area (Å²) in [7, 11) is 0. The Morgan fingerprint density at radius 3 is 1.59 bits per heavy atom. The van der Waals surface area contributed by atoms with Gasteiger partial charge in [0.1, 0.15) is 5.54 Å². The van der Waals surface area contributed by atoms with E-state index in [1.54, 1.807) is 6.08 Å². The van der Waals surface area contributed by atoms with Gasteiger partial charge in [0.15, 0.2) is 0 Å². The molecule has 3 aromatic rings. The molecule has 0 aliphatic rings. The van der Waals surface area contributed by atoms with E-state index in [0.29, 0.717) is 25.9 Å². The molecule has 0 aliphatic heterocycles. The number of benzene rings is 3. The molecular formula is C26H27NO2. The van der Waals surface area contributed by atoms with E-state index in [1.165, 1.54) is 0 Å². The molecule has 0 aromatic heterocycles. The van der Waals surface area contributed by atoms with Crippen molar-refractivity contribution >= 4 is 5.97 Å². The van der Waals surface area contributed by atoms with E-state index in [9.17, 15) is 9.90 Å². The highest BCUT2D eigenvalue weighted by Crippen LogP contribution is 2.30. The average Bonchev–Trinajstić information content (AvgIpc) is 2.75. The lowest BCUT2D eigenvalue weighted by Gasteiger charge is -2.41. The Kier molecular flexibility index (Phi) is 6.99. The van der Waals surface area contributed by atoms with Crippen LogP contribution in [0.25, 0.3) is 0 Å². The second-order valence-corrected chi connectivity index (χ2v) is 7.32. The predicted octanol–water partition coefficient (Wildman–Crippen LogP) is 5.33. The van der Waals surface area contributed by atoms with Crippen LogP contribution in [-0.2, 0) is 24.3 Å². The van der Waals surface area contributed by atoms with Crippen LogP contribution in [0.4, 0.5) is 0 Å². The standard InChI is InChI=1S/C26H27NO2/c1-2-18-26(25(28)29,19-22-12-6-3-7-13-22)27(20-23-14-8-4-9-15-23)21-24-16-10-5-11-17-24/h2-17H,1,18-21H2,(H,28,29)/t26-/m0/s1. The molecule has 29 heavy (non-hydrogen) atoms. The van der Waals surface area contributed by atoms with Crippen molar-refractivity contribution in [1.82, 2.24) is 4.90 Å². The summed E-state index contributed by atoms with van der Waals surface area (Å²) in [6, 6.07) is 29.9. The number of carboxylic acid groups (broad SMARTS) is 1. The van der Waals surface area contributed by atoms with Crippen molar-refractivity contribution in [3.05, 3.63) is 120 Å². The Morgan fingerprint density at radius 2 is 1.21 bits per heavy atom. The molecule has 0 bridgehead atoms. The van der Waals surface area contributed by atoms with Crippen LogP contribution in [0.3, 0.4) is 0 Å². The van der Waals surface area contributed by atoms with Crippen LogP contribution in [0, 0.1) is 0 Å². The van der Waals surface area contributed by atoms with Crippen LogP contribution in [0.5, 0.6) is 0 Å². The number of nitrogens with zero attached hydrogens (tertiary/aromatic N) is 1. The topological polar surface area (TPSA) is 40.5 Å². The fourth-order valence-electron chi connectivity index (χ4n) is 3.75. The monoisotopic (exact) mass is 385 g/mol. The van der Waals surface area contributed by atoms with Gasteiger partial charge in [-0.15, -0.1) is 6.58 Å². The smallest absolute Gasteiger partial charge is 0.324 e. The van der Waals surface area contributed by atoms with Gasteiger partial charge in [-0.25, -0.2) is 0 Å². The fourth-order valence-corrected chi connectivity index (χ4v) is 3.75. The molecule has 0 spiro atoms. The SMILES string of the molecule is C=CC[C@](Cc1ccccc1)(C(=O)O)N(Cc1ccccc1)Cc1ccccc1. The molecule has 0 radical (unpaired) electrons. The van der Waals surface area contributed by atoms with E-state index in [1.807, 2.05) is 91.0 Å². The summed E-state index contributed by atoms with van der Waals surface area (Å²) in [5.74, 6) is -0.826. The van der Waals surface area contributed by atoms with Crippen molar-refractivity contribution in [2.24, 2.45) is 0 Å². The van der Waals surface area contributed by atoms with Crippen LogP contribution in [0.15, 0.2) is 104 Å². The van der Waals surface area contributed by atoms with Crippen molar-refractivity contribution in [3.8, 4) is 0 Å². The Bertz CT molecular complexity index is 868. The van der Waals surface area contributed by atoms with E-state index in [-0.39, 0.29) is 0 Å². The number of carbonyl (C=O) groups is 1. The molecule has 3 rings (SSSR count). The van der Waals surface area contributed by atoms with E-state index in [0.717, 1.165) is 16.7 Å². The van der Waals surface area contributed by atoms with Crippen LogP contribution in [-0.4, -0.2) is 21.5 Å². The summed E-state index contributed by atoms with van der Waals surface area (Å²) in [5.41, 5.74) is 2.09. The molecule has 0 fully saturated rings. The lowest BCUT2D eigenvalue weighted by Crippen LogP contribution is -2.55. The van der Waals surface area contributed by atoms with Gasteiger partial charge in [0.05, 0.1) is 0 Å². The zero-order chi connectivity index (χ0) is 20.5. The van der Waals surface area contributed by atoms with Gasteiger partial charge in [0.25, 0.3) is 0 Å². The minimum atomic E-state index is -1.09. The van der Waals surface area contributed by atoms with Crippen molar-refractivity contribution in [3.63, 3.8) is 0 Å². The summed E-state index contributed by atoms with van der Waals surface area (Å²) in [4.78, 5) is 14.8. The minimum absolute atomic E-state index is 0.358. The van der Waals surface area contributed by atoms with Crippen LogP contribution in [0.1, 0.15) is 23.1 Å². The number of hydrogen-bond donors (Lipinski definition) is 1. The van der Waals surface area contributed by atoms with E-state index in [2.05, 4.69) is 11.5 Å². The molecule has 1 N–H and O–H groups in total. The Morgan fingerprint density at radius 1 is 0.793 bits per heavy atom. The molecular weight excluding hydrogens is 358 g/mol. The van der Waals surface area contributed by atoms with Gasteiger partial charge in [-0.1, -0.05) is 97.1 Å². The van der Waals surface area contributed by atoms with Gasteiger partial charge in [0.2, 0.25) is 0 Å². The van der Waals surface area contributed by atoms with Gasteiger partial charge >= 0.3 is 5.97 Å². The van der Waals surface area contributed by atoms with Gasteiger partial charge in [-0.2, -0.15) is 0 Å². The van der Waals surface area contributed by atoms with Gasteiger partial charge in [-0.3, -0.25) is 9.69 Å². The van der Waals surface area contributed by atoms with Crippen LogP contribution in [0.2, 0.25) is 0 Å². The van der Waals surface area contributed by atoms with Gasteiger partial charge < -0.3 is 5.11 Å². The van der Waals surface area contributed by atoms with Crippen LogP contribution < -0.4 is 0 Å². The number of carboxylic acids is 1. The fraction of sp³-hybridized carbons (Fsp3) is 0.192. The molecule has 3 aromatic carbocycles. The zero-order valence-electron chi connectivity index (χ0n) is 16.6. The molecule has 0 heterocycles. The number of hydrogen-bond acceptors (Lipinski definition) is 2. The molecule has 3 nitrogen and oxygen atoms in total. The van der Waals surface area contributed by atoms with E-state index < -0.39 is 11.5 Å². The molecule has 3 heteroatoms. The van der Waals surface area contributed by atoms with Crippen molar-refractivity contribution < 1.29 is 9.90 Å². The number of aliphatic carboxylic acids is 1. The second-order valence-electron chi connectivity index (χ2n) is 7.32. The molecule has 0 saturated heterocycles. The molecule has 1 atom stereocenters.